The fourth-order valence-corrected chi connectivity index (χ4v) is 3.19. The molecule has 0 aliphatic rings. The zero-order valence-electron chi connectivity index (χ0n) is 18.9. The number of hydrogen-bond acceptors (Lipinski definition) is 5. The lowest BCUT2D eigenvalue weighted by Gasteiger charge is -2.26. The molecule has 0 saturated carbocycles. The van der Waals surface area contributed by atoms with Crippen molar-refractivity contribution in [1.82, 2.24) is 9.91 Å². The summed E-state index contributed by atoms with van der Waals surface area (Å²) in [5, 5.41) is 4.81. The maximum Gasteiger partial charge on any atom is 0.573 e. The van der Waals surface area contributed by atoms with E-state index in [1.165, 1.54) is 18.3 Å². The number of carbonyl (C=O) groups is 1. The van der Waals surface area contributed by atoms with Crippen LogP contribution in [0.5, 0.6) is 5.75 Å². The van der Waals surface area contributed by atoms with Crippen molar-refractivity contribution < 1.29 is 22.7 Å². The summed E-state index contributed by atoms with van der Waals surface area (Å²) in [4.78, 5) is 14.9. The maximum absolute atomic E-state index is 13.2. The molecule has 0 aromatic heterocycles. The molecule has 10 heteroatoms. The van der Waals surface area contributed by atoms with Crippen LogP contribution in [0.25, 0.3) is 5.70 Å². The van der Waals surface area contributed by atoms with Crippen LogP contribution in [0.4, 0.5) is 18.0 Å². The normalized spacial score (nSPS) is 11.7. The Kier molecular flexibility index (Phi) is 10.4. The second kappa shape index (κ2) is 13.2. The number of urea groups is 1. The first-order valence-electron chi connectivity index (χ1n) is 10.9. The van der Waals surface area contributed by atoms with E-state index in [1.807, 2.05) is 30.3 Å². The smallest absolute Gasteiger partial charge is 0.406 e. The average molecular weight is 478 g/mol. The van der Waals surface area contributed by atoms with Gasteiger partial charge in [-0.3, -0.25) is 0 Å². The molecule has 2 aromatic carbocycles. The molecule has 0 fully saturated rings. The van der Waals surface area contributed by atoms with Gasteiger partial charge in [0.2, 0.25) is 0 Å². The Bertz CT molecular complexity index is 934. The van der Waals surface area contributed by atoms with E-state index in [4.69, 9.17) is 11.5 Å². The minimum atomic E-state index is -4.79. The van der Waals surface area contributed by atoms with E-state index in [1.54, 1.807) is 4.90 Å². The van der Waals surface area contributed by atoms with Crippen molar-refractivity contribution in [2.75, 3.05) is 19.6 Å². The third-order valence-corrected chi connectivity index (χ3v) is 4.95. The molecular formula is C24H30F3N5O2. The predicted molar refractivity (Wildman–Crippen MR) is 127 cm³/mol. The largest absolute Gasteiger partial charge is 0.573 e. The Morgan fingerprint density at radius 2 is 1.71 bits per heavy atom. The first-order valence-corrected chi connectivity index (χ1v) is 10.9. The van der Waals surface area contributed by atoms with E-state index in [0.29, 0.717) is 31.6 Å². The van der Waals surface area contributed by atoms with Crippen LogP contribution in [0, 0.1) is 0 Å². The molecule has 0 aliphatic carbocycles. The number of halogens is 3. The summed E-state index contributed by atoms with van der Waals surface area (Å²) >= 11 is 0. The highest BCUT2D eigenvalue weighted by Crippen LogP contribution is 2.24. The first-order chi connectivity index (χ1) is 16.2. The third-order valence-electron chi connectivity index (χ3n) is 4.95. The van der Waals surface area contributed by atoms with Crippen molar-refractivity contribution >= 4 is 18.4 Å². The van der Waals surface area contributed by atoms with Crippen LogP contribution in [0.3, 0.4) is 0 Å². The zero-order chi connectivity index (χ0) is 25.0. The summed E-state index contributed by atoms with van der Waals surface area (Å²) in [7, 11) is 0. The summed E-state index contributed by atoms with van der Waals surface area (Å²) in [6, 6.07) is 14.4. The van der Waals surface area contributed by atoms with E-state index in [0.717, 1.165) is 42.0 Å². The molecule has 2 amide bonds. The fourth-order valence-electron chi connectivity index (χ4n) is 3.19. The van der Waals surface area contributed by atoms with Gasteiger partial charge in [-0.2, -0.15) is 10.1 Å². The van der Waals surface area contributed by atoms with Crippen molar-refractivity contribution in [2.45, 2.75) is 32.0 Å². The van der Waals surface area contributed by atoms with Gasteiger partial charge in [0.05, 0.1) is 11.9 Å². The molecule has 4 N–H and O–H groups in total. The molecule has 0 unspecified atom stereocenters. The van der Waals surface area contributed by atoms with Crippen LogP contribution < -0.4 is 16.2 Å². The van der Waals surface area contributed by atoms with Gasteiger partial charge in [-0.25, -0.2) is 4.79 Å². The molecule has 0 atom stereocenters. The fraction of sp³-hybridized carbons (Fsp3) is 0.333. The van der Waals surface area contributed by atoms with Gasteiger partial charge in [-0.05, 0) is 61.2 Å². The number of amides is 2. The lowest BCUT2D eigenvalue weighted by atomic mass is 10.1. The third kappa shape index (κ3) is 9.14. The molecule has 0 radical (unpaired) electrons. The number of ether oxygens (including phenoxy) is 1. The van der Waals surface area contributed by atoms with Crippen LogP contribution in [0.1, 0.15) is 30.4 Å². The monoisotopic (exact) mass is 477 g/mol. The van der Waals surface area contributed by atoms with Gasteiger partial charge in [0, 0.05) is 19.8 Å². The molecule has 7 nitrogen and oxygen atoms in total. The van der Waals surface area contributed by atoms with Crippen molar-refractivity contribution in [3.8, 4) is 5.75 Å². The summed E-state index contributed by atoms with van der Waals surface area (Å²) in [5.74, 6) is -0.372. The van der Waals surface area contributed by atoms with E-state index in [9.17, 15) is 18.0 Å². The highest BCUT2D eigenvalue weighted by atomic mass is 19.4. The number of unbranched alkanes of at least 4 members (excludes halogenated alkanes) is 2. The number of carbonyl (C=O) groups excluding carboxylic acids is 1. The number of hydrazone groups is 1. The second-order valence-corrected chi connectivity index (χ2v) is 7.50. The summed E-state index contributed by atoms with van der Waals surface area (Å²) in [5.41, 5.74) is 13.3. The number of alkyl halides is 3. The minimum Gasteiger partial charge on any atom is -0.406 e. The molecule has 0 spiro atoms. The van der Waals surface area contributed by atoms with Gasteiger partial charge < -0.3 is 21.1 Å². The molecule has 2 aromatic rings. The number of nitrogens with two attached hydrogens (primary N) is 2. The molecule has 0 heterocycles. The number of hydrogen-bond donors (Lipinski definition) is 2. The molecule has 0 bridgehead atoms. The van der Waals surface area contributed by atoms with E-state index >= 15 is 0 Å². The molecule has 0 aliphatic heterocycles. The SMILES string of the molecule is C=NN(/C=C(\N)c1ccc(OC(F)(F)F)cc1)C(=O)N(CCCCCN)CCc1ccccc1. The van der Waals surface area contributed by atoms with Crippen LogP contribution in [0.2, 0.25) is 0 Å². The Balaban J connectivity index is 2.12. The Hall–Kier alpha value is -3.53. The summed E-state index contributed by atoms with van der Waals surface area (Å²) in [6.07, 6.45) is -0.296. The minimum absolute atomic E-state index is 0.130. The van der Waals surface area contributed by atoms with Gasteiger partial charge in [0.15, 0.2) is 0 Å². The predicted octanol–water partition coefficient (Wildman–Crippen LogP) is 4.55. The highest BCUT2D eigenvalue weighted by Gasteiger charge is 2.31. The van der Waals surface area contributed by atoms with Crippen molar-refractivity contribution in [3.05, 3.63) is 71.9 Å². The number of benzene rings is 2. The highest BCUT2D eigenvalue weighted by molar-refractivity contribution is 5.78. The number of nitrogens with zero attached hydrogens (tertiary/aromatic N) is 3. The summed E-state index contributed by atoms with van der Waals surface area (Å²) in [6.45, 7) is 5.02. The topological polar surface area (TPSA) is 97.2 Å². The molecular weight excluding hydrogens is 447 g/mol. The Labute approximate surface area is 197 Å². The van der Waals surface area contributed by atoms with Gasteiger partial charge in [-0.1, -0.05) is 36.8 Å². The lowest BCUT2D eigenvalue weighted by molar-refractivity contribution is -0.274. The first kappa shape index (κ1) is 26.7. The van der Waals surface area contributed by atoms with Gasteiger partial charge in [-0.15, -0.1) is 13.2 Å². The summed E-state index contributed by atoms with van der Waals surface area (Å²) < 4.78 is 40.9. The lowest BCUT2D eigenvalue weighted by Crippen LogP contribution is -2.40. The van der Waals surface area contributed by atoms with E-state index in [-0.39, 0.29) is 11.4 Å². The van der Waals surface area contributed by atoms with Crippen LogP contribution in [-0.2, 0) is 6.42 Å². The van der Waals surface area contributed by atoms with Gasteiger partial charge in [0.25, 0.3) is 0 Å². The Morgan fingerprint density at radius 1 is 1.03 bits per heavy atom. The van der Waals surface area contributed by atoms with Crippen LogP contribution >= 0.6 is 0 Å². The standard InChI is InChI=1S/C24H30F3N5O2/c1-30-32(18-22(29)20-10-12-21(13-11-20)34-24(25,26)27)23(33)31(16-7-3-6-15-28)17-14-19-8-4-2-5-9-19/h2,4-5,8-13,18H,1,3,6-7,14-17,28-29H2/b22-18-. The van der Waals surface area contributed by atoms with Crippen molar-refractivity contribution in [2.24, 2.45) is 16.6 Å². The second-order valence-electron chi connectivity index (χ2n) is 7.50. The van der Waals surface area contributed by atoms with Crippen molar-refractivity contribution in [3.63, 3.8) is 0 Å². The number of rotatable bonds is 12. The molecule has 2 rings (SSSR count). The van der Waals surface area contributed by atoms with Crippen molar-refractivity contribution in [1.29, 1.82) is 0 Å². The zero-order valence-corrected chi connectivity index (χ0v) is 18.9. The van der Waals surface area contributed by atoms with E-state index in [2.05, 4.69) is 16.6 Å². The molecule has 184 valence electrons. The average Bonchev–Trinajstić information content (AvgIpc) is 2.81. The van der Waals surface area contributed by atoms with Crippen LogP contribution in [-0.4, -0.2) is 48.7 Å². The Morgan fingerprint density at radius 3 is 2.29 bits per heavy atom. The molecule has 34 heavy (non-hydrogen) atoms. The molecule has 0 saturated heterocycles. The maximum atomic E-state index is 13.2. The van der Waals surface area contributed by atoms with Gasteiger partial charge in [0.1, 0.15) is 5.75 Å². The van der Waals surface area contributed by atoms with Crippen LogP contribution in [0.15, 0.2) is 65.9 Å². The van der Waals surface area contributed by atoms with Gasteiger partial charge >= 0.3 is 12.4 Å². The quantitative estimate of drug-likeness (QED) is 0.266. The van der Waals surface area contributed by atoms with E-state index < -0.39 is 12.4 Å².